The van der Waals surface area contributed by atoms with Crippen LogP contribution in [0.15, 0.2) is 30.5 Å². The molecule has 0 radical (unpaired) electrons. The Bertz CT molecular complexity index is 1070. The first-order valence-corrected chi connectivity index (χ1v) is 10.4. The molecule has 2 aliphatic rings. The van der Waals surface area contributed by atoms with Crippen molar-refractivity contribution in [3.63, 3.8) is 0 Å². The Morgan fingerprint density at radius 3 is 2.86 bits per heavy atom. The summed E-state index contributed by atoms with van der Waals surface area (Å²) in [6.07, 6.45) is 6.35. The molecule has 3 heterocycles. The number of pyridine rings is 1. The number of hydrogen-bond donors (Lipinski definition) is 1. The van der Waals surface area contributed by atoms with Gasteiger partial charge in [0.05, 0.1) is 7.11 Å². The average Bonchev–Trinajstić information content (AvgIpc) is 3.50. The van der Waals surface area contributed by atoms with Gasteiger partial charge < -0.3 is 9.64 Å². The molecule has 1 saturated heterocycles. The molecule has 2 aromatic heterocycles. The molecule has 1 aliphatic heterocycles. The van der Waals surface area contributed by atoms with Gasteiger partial charge in [-0.25, -0.2) is 0 Å². The lowest BCUT2D eigenvalue weighted by Crippen LogP contribution is -2.39. The standard InChI is InChI=1S/C23H26N4O2/c1-14-18-10-19(24-12-16(18)7-8-22(14)29-2)17-4-3-9-27(13-17)23(28)21-11-20(25-26-21)15-5-6-15/h7-8,10-12,15,17H,3-6,9,13H2,1-2H3,(H,25,26). The Morgan fingerprint density at radius 1 is 1.21 bits per heavy atom. The third kappa shape index (κ3) is 3.37. The second kappa shape index (κ2) is 7.17. The Balaban J connectivity index is 1.38. The number of likely N-dealkylation sites (tertiary alicyclic amines) is 1. The third-order valence-electron chi connectivity index (χ3n) is 6.32. The van der Waals surface area contributed by atoms with Crippen LogP contribution in [0, 0.1) is 6.92 Å². The number of aromatic amines is 1. The number of ether oxygens (including phenoxy) is 1. The number of carbonyl (C=O) groups excluding carboxylic acids is 1. The van der Waals surface area contributed by atoms with Crippen molar-refractivity contribution in [3.05, 3.63) is 53.1 Å². The van der Waals surface area contributed by atoms with E-state index >= 15 is 0 Å². The zero-order chi connectivity index (χ0) is 20.0. The van der Waals surface area contributed by atoms with Gasteiger partial charge in [0.2, 0.25) is 0 Å². The van der Waals surface area contributed by atoms with Gasteiger partial charge >= 0.3 is 0 Å². The molecule has 0 spiro atoms. The minimum absolute atomic E-state index is 0.0245. The summed E-state index contributed by atoms with van der Waals surface area (Å²) in [5.41, 5.74) is 3.82. The molecule has 6 heteroatoms. The SMILES string of the molecule is COc1ccc2cnc(C3CCCN(C(=O)c4cc(C5CC5)[nH]n4)C3)cc2c1C. The molecule has 150 valence electrons. The number of aryl methyl sites for hydroxylation is 1. The highest BCUT2D eigenvalue weighted by Gasteiger charge is 2.30. The molecule has 5 rings (SSSR count). The Kier molecular flexibility index (Phi) is 4.49. The predicted octanol–water partition coefficient (Wildman–Crippen LogP) is 4.17. The van der Waals surface area contributed by atoms with Crippen LogP contribution >= 0.6 is 0 Å². The summed E-state index contributed by atoms with van der Waals surface area (Å²) in [4.78, 5) is 19.7. The number of benzene rings is 1. The van der Waals surface area contributed by atoms with Crippen molar-refractivity contribution in [1.29, 1.82) is 0 Å². The first kappa shape index (κ1) is 18.2. The van der Waals surface area contributed by atoms with Crippen LogP contribution in [0.1, 0.15) is 65.0 Å². The van der Waals surface area contributed by atoms with E-state index in [1.54, 1.807) is 7.11 Å². The fourth-order valence-corrected chi connectivity index (χ4v) is 4.42. The maximum absolute atomic E-state index is 13.0. The lowest BCUT2D eigenvalue weighted by Gasteiger charge is -2.32. The molecule has 1 N–H and O–H groups in total. The lowest BCUT2D eigenvalue weighted by atomic mass is 9.92. The van der Waals surface area contributed by atoms with E-state index < -0.39 is 0 Å². The second-order valence-electron chi connectivity index (χ2n) is 8.30. The highest BCUT2D eigenvalue weighted by Crippen LogP contribution is 2.39. The Labute approximate surface area is 170 Å². The van der Waals surface area contributed by atoms with Crippen molar-refractivity contribution >= 4 is 16.7 Å². The molecule has 1 amide bonds. The molecule has 1 unspecified atom stereocenters. The number of aromatic nitrogens is 3. The highest BCUT2D eigenvalue weighted by atomic mass is 16.5. The summed E-state index contributed by atoms with van der Waals surface area (Å²) in [5, 5.41) is 9.60. The van der Waals surface area contributed by atoms with Gasteiger partial charge in [-0.2, -0.15) is 5.10 Å². The van der Waals surface area contributed by atoms with Gasteiger partial charge in [-0.1, -0.05) is 0 Å². The van der Waals surface area contributed by atoms with Crippen LogP contribution in [-0.2, 0) is 0 Å². The van der Waals surface area contributed by atoms with E-state index in [1.165, 1.54) is 18.2 Å². The van der Waals surface area contributed by atoms with Crippen LogP contribution in [0.2, 0.25) is 0 Å². The van der Waals surface area contributed by atoms with Crippen molar-refractivity contribution in [1.82, 2.24) is 20.1 Å². The first-order valence-electron chi connectivity index (χ1n) is 10.4. The number of H-pyrrole nitrogens is 1. The van der Waals surface area contributed by atoms with Gasteiger partial charge in [-0.05, 0) is 67.8 Å². The quantitative estimate of drug-likeness (QED) is 0.726. The van der Waals surface area contributed by atoms with E-state index in [0.717, 1.165) is 47.5 Å². The van der Waals surface area contributed by atoms with Crippen molar-refractivity contribution in [2.24, 2.45) is 0 Å². The molecular weight excluding hydrogens is 364 g/mol. The van der Waals surface area contributed by atoms with Crippen molar-refractivity contribution in [2.75, 3.05) is 20.2 Å². The van der Waals surface area contributed by atoms with E-state index in [9.17, 15) is 4.79 Å². The third-order valence-corrected chi connectivity index (χ3v) is 6.32. The largest absolute Gasteiger partial charge is 0.496 e. The van der Waals surface area contributed by atoms with Gasteiger partial charge in [-0.15, -0.1) is 0 Å². The summed E-state index contributed by atoms with van der Waals surface area (Å²) < 4.78 is 5.48. The van der Waals surface area contributed by atoms with Crippen LogP contribution in [-0.4, -0.2) is 46.2 Å². The van der Waals surface area contributed by atoms with Crippen LogP contribution in [0.3, 0.4) is 0 Å². The predicted molar refractivity (Wildman–Crippen MR) is 111 cm³/mol. The molecule has 2 fully saturated rings. The minimum Gasteiger partial charge on any atom is -0.496 e. The van der Waals surface area contributed by atoms with Gasteiger partial charge in [0.15, 0.2) is 0 Å². The van der Waals surface area contributed by atoms with E-state index in [0.29, 0.717) is 18.2 Å². The summed E-state index contributed by atoms with van der Waals surface area (Å²) in [5.74, 6) is 1.72. The number of methoxy groups -OCH3 is 1. The van der Waals surface area contributed by atoms with Gasteiger partial charge in [-0.3, -0.25) is 14.9 Å². The normalized spacial score (nSPS) is 19.5. The first-order chi connectivity index (χ1) is 14.1. The molecule has 3 aromatic rings. The van der Waals surface area contributed by atoms with Gasteiger partial charge in [0.25, 0.3) is 5.91 Å². The number of nitrogens with one attached hydrogen (secondary N) is 1. The van der Waals surface area contributed by atoms with Gasteiger partial charge in [0.1, 0.15) is 11.4 Å². The Morgan fingerprint density at radius 2 is 2.07 bits per heavy atom. The number of rotatable bonds is 4. The molecule has 1 aromatic carbocycles. The number of fused-ring (bicyclic) bond motifs is 1. The summed E-state index contributed by atoms with van der Waals surface area (Å²) >= 11 is 0. The summed E-state index contributed by atoms with van der Waals surface area (Å²) in [6, 6.07) is 8.14. The zero-order valence-electron chi connectivity index (χ0n) is 16.9. The van der Waals surface area contributed by atoms with Crippen LogP contribution in [0.25, 0.3) is 10.8 Å². The number of nitrogens with zero attached hydrogens (tertiary/aromatic N) is 3. The van der Waals surface area contributed by atoms with Crippen molar-refractivity contribution in [3.8, 4) is 5.75 Å². The lowest BCUT2D eigenvalue weighted by molar-refractivity contribution is 0.0700. The maximum Gasteiger partial charge on any atom is 0.274 e. The summed E-state index contributed by atoms with van der Waals surface area (Å²) in [7, 11) is 1.70. The maximum atomic E-state index is 13.0. The van der Waals surface area contributed by atoms with Crippen LogP contribution in [0.4, 0.5) is 0 Å². The minimum atomic E-state index is 0.0245. The van der Waals surface area contributed by atoms with Crippen molar-refractivity contribution in [2.45, 2.75) is 44.4 Å². The molecule has 1 atom stereocenters. The zero-order valence-corrected chi connectivity index (χ0v) is 16.9. The van der Waals surface area contributed by atoms with Gasteiger partial charge in [0, 0.05) is 47.9 Å². The highest BCUT2D eigenvalue weighted by molar-refractivity contribution is 5.92. The van der Waals surface area contributed by atoms with Crippen LogP contribution in [0.5, 0.6) is 5.75 Å². The smallest absolute Gasteiger partial charge is 0.274 e. The van der Waals surface area contributed by atoms with E-state index in [2.05, 4.69) is 23.2 Å². The monoisotopic (exact) mass is 390 g/mol. The summed E-state index contributed by atoms with van der Waals surface area (Å²) in [6.45, 7) is 3.55. The molecule has 1 saturated carbocycles. The van der Waals surface area contributed by atoms with Crippen LogP contribution < -0.4 is 4.74 Å². The van der Waals surface area contributed by atoms with E-state index in [1.807, 2.05) is 29.3 Å². The number of carbonyl (C=O) groups is 1. The van der Waals surface area contributed by atoms with Crippen molar-refractivity contribution < 1.29 is 9.53 Å². The number of amides is 1. The Hall–Kier alpha value is -2.89. The number of piperidine rings is 1. The molecule has 0 bridgehead atoms. The topological polar surface area (TPSA) is 71.1 Å². The van der Waals surface area contributed by atoms with E-state index in [4.69, 9.17) is 9.72 Å². The molecular formula is C23H26N4O2. The molecule has 6 nitrogen and oxygen atoms in total. The number of hydrogen-bond acceptors (Lipinski definition) is 4. The fraction of sp³-hybridized carbons (Fsp3) is 0.435. The van der Waals surface area contributed by atoms with E-state index in [-0.39, 0.29) is 11.8 Å². The average molecular weight is 390 g/mol. The fourth-order valence-electron chi connectivity index (χ4n) is 4.42. The molecule has 29 heavy (non-hydrogen) atoms. The second-order valence-corrected chi connectivity index (χ2v) is 8.30. The molecule has 1 aliphatic carbocycles.